The van der Waals surface area contributed by atoms with Gasteiger partial charge in [0.2, 0.25) is 5.91 Å². The molecule has 0 radical (unpaired) electrons. The number of nitrogens with one attached hydrogen (secondary N) is 2. The Bertz CT molecular complexity index is 1280. The molecule has 1 aromatic carbocycles. The first-order valence-electron chi connectivity index (χ1n) is 10.5. The molecule has 32 heavy (non-hydrogen) atoms. The molecule has 2 unspecified atom stereocenters. The Hall–Kier alpha value is -3.10. The Morgan fingerprint density at radius 2 is 2.06 bits per heavy atom. The van der Waals surface area contributed by atoms with Crippen molar-refractivity contribution < 1.29 is 14.3 Å². The molecule has 3 aromatic rings. The number of amides is 1. The van der Waals surface area contributed by atoms with Gasteiger partial charge in [-0.05, 0) is 36.6 Å². The second kappa shape index (κ2) is 8.11. The van der Waals surface area contributed by atoms with Crippen molar-refractivity contribution >= 4 is 40.1 Å². The summed E-state index contributed by atoms with van der Waals surface area (Å²) in [6.07, 6.45) is 1.02. The largest absolute Gasteiger partial charge is 0.464 e. The van der Waals surface area contributed by atoms with Crippen LogP contribution >= 0.6 is 11.6 Å². The number of pyridine rings is 1. The number of fused-ring (bicyclic) bond motifs is 5. The lowest BCUT2D eigenvalue weighted by atomic mass is 9.83. The van der Waals surface area contributed by atoms with Crippen LogP contribution in [0.4, 0.5) is 5.69 Å². The standard InChI is InChI=1S/C23H23ClN4O4/c1-32-23(31)22-21(16-8-15(24)5-6-17(16)25-22)26-19(29)12-27-9-13-7-14(11-27)18-3-2-4-20(30)28(18)10-13/h2-6,8,13-14,25H,7,9-12H2,1H3,(H,26,29). The number of carbonyl (C=O) groups is 2. The number of nitrogens with zero attached hydrogens (tertiary/aromatic N) is 2. The Morgan fingerprint density at radius 3 is 2.88 bits per heavy atom. The van der Waals surface area contributed by atoms with E-state index in [1.54, 1.807) is 30.3 Å². The second-order valence-corrected chi connectivity index (χ2v) is 8.93. The number of likely N-dealkylation sites (tertiary alicyclic amines) is 1. The van der Waals surface area contributed by atoms with E-state index < -0.39 is 5.97 Å². The van der Waals surface area contributed by atoms with Crippen LogP contribution in [-0.2, 0) is 16.1 Å². The smallest absolute Gasteiger partial charge is 0.356 e. The fourth-order valence-corrected chi connectivity index (χ4v) is 5.23. The minimum Gasteiger partial charge on any atom is -0.464 e. The lowest BCUT2D eigenvalue weighted by molar-refractivity contribution is -0.117. The second-order valence-electron chi connectivity index (χ2n) is 8.50. The zero-order valence-corrected chi connectivity index (χ0v) is 18.3. The zero-order chi connectivity index (χ0) is 22.4. The predicted octanol–water partition coefficient (Wildman–Crippen LogP) is 2.83. The minimum absolute atomic E-state index is 0.0386. The van der Waals surface area contributed by atoms with Gasteiger partial charge >= 0.3 is 5.97 Å². The normalized spacial score (nSPS) is 20.1. The average Bonchev–Trinajstić information content (AvgIpc) is 3.11. The van der Waals surface area contributed by atoms with Gasteiger partial charge in [0, 0.05) is 53.2 Å². The molecular weight excluding hydrogens is 432 g/mol. The monoisotopic (exact) mass is 454 g/mol. The quantitative estimate of drug-likeness (QED) is 0.591. The number of methoxy groups -OCH3 is 1. The minimum atomic E-state index is -0.567. The van der Waals surface area contributed by atoms with Crippen molar-refractivity contribution in [1.82, 2.24) is 14.5 Å². The van der Waals surface area contributed by atoms with Crippen LogP contribution in [-0.4, -0.2) is 53.1 Å². The SMILES string of the molecule is COC(=O)c1[nH]c2ccc(Cl)cc2c1NC(=O)CN1CC2CC(C1)c1cccc(=O)n1C2. The van der Waals surface area contributed by atoms with Gasteiger partial charge in [-0.1, -0.05) is 17.7 Å². The summed E-state index contributed by atoms with van der Waals surface area (Å²) in [5.41, 5.74) is 2.31. The van der Waals surface area contributed by atoms with Crippen molar-refractivity contribution in [3.8, 4) is 0 Å². The highest BCUT2D eigenvalue weighted by atomic mass is 35.5. The van der Waals surface area contributed by atoms with E-state index in [1.807, 2.05) is 10.6 Å². The van der Waals surface area contributed by atoms with E-state index >= 15 is 0 Å². The summed E-state index contributed by atoms with van der Waals surface area (Å²) in [6, 6.07) is 10.6. The molecule has 1 fully saturated rings. The van der Waals surface area contributed by atoms with Crippen LogP contribution < -0.4 is 10.9 Å². The van der Waals surface area contributed by atoms with Crippen molar-refractivity contribution in [2.75, 3.05) is 32.1 Å². The van der Waals surface area contributed by atoms with Gasteiger partial charge in [-0.3, -0.25) is 14.5 Å². The Morgan fingerprint density at radius 1 is 1.22 bits per heavy atom. The number of anilines is 1. The number of aromatic nitrogens is 2. The van der Waals surface area contributed by atoms with Gasteiger partial charge in [0.05, 0.1) is 19.3 Å². The molecule has 8 nitrogen and oxygen atoms in total. The van der Waals surface area contributed by atoms with E-state index in [4.69, 9.17) is 16.3 Å². The van der Waals surface area contributed by atoms with Crippen LogP contribution in [0.5, 0.6) is 0 Å². The summed E-state index contributed by atoms with van der Waals surface area (Å²) in [4.78, 5) is 42.6. The molecule has 4 heterocycles. The van der Waals surface area contributed by atoms with Gasteiger partial charge in [-0.2, -0.15) is 0 Å². The molecule has 0 spiro atoms. The summed E-state index contributed by atoms with van der Waals surface area (Å²) in [7, 11) is 1.29. The van der Waals surface area contributed by atoms with Crippen LogP contribution in [0.2, 0.25) is 5.02 Å². The van der Waals surface area contributed by atoms with Crippen molar-refractivity contribution in [1.29, 1.82) is 0 Å². The molecule has 5 rings (SSSR count). The maximum atomic E-state index is 13.0. The number of hydrogen-bond acceptors (Lipinski definition) is 5. The van der Waals surface area contributed by atoms with Crippen molar-refractivity contribution in [3.63, 3.8) is 0 Å². The number of carbonyl (C=O) groups excluding carboxylic acids is 2. The number of benzene rings is 1. The topological polar surface area (TPSA) is 96.4 Å². The third-order valence-corrected chi connectivity index (χ3v) is 6.57. The summed E-state index contributed by atoms with van der Waals surface area (Å²) in [5, 5.41) is 4.04. The van der Waals surface area contributed by atoms with Gasteiger partial charge in [0.1, 0.15) is 5.69 Å². The number of aromatic amines is 1. The Balaban J connectivity index is 1.36. The first kappa shape index (κ1) is 20.8. The molecule has 1 saturated heterocycles. The summed E-state index contributed by atoms with van der Waals surface area (Å²) < 4.78 is 6.74. The lowest BCUT2D eigenvalue weighted by Gasteiger charge is -2.42. The number of rotatable bonds is 4. The molecule has 0 aliphatic carbocycles. The first-order valence-corrected chi connectivity index (χ1v) is 10.9. The third kappa shape index (κ3) is 3.69. The van der Waals surface area contributed by atoms with E-state index in [9.17, 15) is 14.4 Å². The van der Waals surface area contributed by atoms with Gasteiger partial charge in [0.15, 0.2) is 0 Å². The Kier molecular flexibility index (Phi) is 5.27. The van der Waals surface area contributed by atoms with Gasteiger partial charge in [-0.15, -0.1) is 0 Å². The van der Waals surface area contributed by atoms with Crippen LogP contribution in [0.25, 0.3) is 10.9 Å². The molecule has 2 aliphatic heterocycles. The van der Waals surface area contributed by atoms with Crippen molar-refractivity contribution in [2.45, 2.75) is 18.9 Å². The zero-order valence-electron chi connectivity index (χ0n) is 17.6. The van der Waals surface area contributed by atoms with Gasteiger partial charge in [-0.25, -0.2) is 4.79 Å². The van der Waals surface area contributed by atoms with Gasteiger partial charge < -0.3 is 19.6 Å². The number of H-pyrrole nitrogens is 1. The number of ether oxygens (including phenoxy) is 1. The van der Waals surface area contributed by atoms with E-state index in [0.29, 0.717) is 40.6 Å². The summed E-state index contributed by atoms with van der Waals surface area (Å²) >= 11 is 6.14. The fraction of sp³-hybridized carbons (Fsp3) is 0.348. The van der Waals surface area contributed by atoms with Crippen LogP contribution in [0.15, 0.2) is 41.2 Å². The first-order chi connectivity index (χ1) is 15.4. The number of esters is 1. The average molecular weight is 455 g/mol. The third-order valence-electron chi connectivity index (χ3n) is 6.34. The highest BCUT2D eigenvalue weighted by molar-refractivity contribution is 6.31. The molecule has 2 aliphatic rings. The number of piperidine rings is 1. The Labute approximate surface area is 189 Å². The lowest BCUT2D eigenvalue weighted by Crippen LogP contribution is -2.49. The van der Waals surface area contributed by atoms with Crippen molar-refractivity contribution in [2.24, 2.45) is 5.92 Å². The van der Waals surface area contributed by atoms with Crippen LogP contribution in [0.1, 0.15) is 28.5 Å². The number of halogens is 1. The van der Waals surface area contributed by atoms with E-state index in [-0.39, 0.29) is 29.6 Å². The molecule has 166 valence electrons. The highest BCUT2D eigenvalue weighted by Gasteiger charge is 2.35. The molecule has 2 aromatic heterocycles. The van der Waals surface area contributed by atoms with Crippen LogP contribution in [0.3, 0.4) is 0 Å². The molecule has 1 amide bonds. The molecule has 2 atom stereocenters. The molecule has 0 saturated carbocycles. The van der Waals surface area contributed by atoms with E-state index in [1.165, 1.54) is 7.11 Å². The molecule has 2 N–H and O–H groups in total. The highest BCUT2D eigenvalue weighted by Crippen LogP contribution is 2.35. The van der Waals surface area contributed by atoms with Gasteiger partial charge in [0.25, 0.3) is 5.56 Å². The van der Waals surface area contributed by atoms with Crippen molar-refractivity contribution in [3.05, 3.63) is 63.2 Å². The molecule has 9 heteroatoms. The molecule has 2 bridgehead atoms. The number of hydrogen-bond donors (Lipinski definition) is 2. The van der Waals surface area contributed by atoms with Crippen LogP contribution in [0, 0.1) is 5.92 Å². The molecular formula is C23H23ClN4O4. The maximum Gasteiger partial charge on any atom is 0.356 e. The summed E-state index contributed by atoms with van der Waals surface area (Å²) in [5.74, 6) is -0.239. The van der Waals surface area contributed by atoms with E-state index in [2.05, 4.69) is 15.2 Å². The van der Waals surface area contributed by atoms with E-state index in [0.717, 1.165) is 18.7 Å². The fourth-order valence-electron chi connectivity index (χ4n) is 5.06. The predicted molar refractivity (Wildman–Crippen MR) is 121 cm³/mol. The maximum absolute atomic E-state index is 13.0. The summed E-state index contributed by atoms with van der Waals surface area (Å²) in [6.45, 7) is 2.32.